The number of fused-ring (bicyclic) bond motifs is 1. The molecule has 1 aromatic heterocycles. The number of thiophene rings is 1. The van der Waals surface area contributed by atoms with E-state index in [0.717, 1.165) is 11.3 Å². The third-order valence-electron chi connectivity index (χ3n) is 3.07. The van der Waals surface area contributed by atoms with Gasteiger partial charge in [-0.15, -0.1) is 11.3 Å². The van der Waals surface area contributed by atoms with Crippen molar-refractivity contribution in [2.24, 2.45) is 0 Å². The Morgan fingerprint density at radius 2 is 2.14 bits per heavy atom. The number of amides is 1. The van der Waals surface area contributed by atoms with Crippen LogP contribution in [0, 0.1) is 5.82 Å². The van der Waals surface area contributed by atoms with Crippen molar-refractivity contribution in [2.45, 2.75) is 13.0 Å². The number of nitrogens with one attached hydrogen (secondary N) is 2. The van der Waals surface area contributed by atoms with Crippen molar-refractivity contribution < 1.29 is 19.1 Å². The minimum absolute atomic E-state index is 0.109. The number of hydrogen-bond donors (Lipinski definition) is 3. The summed E-state index contributed by atoms with van der Waals surface area (Å²) in [6.07, 6.45) is 0.281. The molecule has 2 rings (SSSR count). The van der Waals surface area contributed by atoms with Crippen molar-refractivity contribution in [2.75, 3.05) is 13.6 Å². The van der Waals surface area contributed by atoms with Crippen molar-refractivity contribution in [1.29, 1.82) is 0 Å². The van der Waals surface area contributed by atoms with Crippen molar-refractivity contribution in [3.05, 3.63) is 34.5 Å². The first-order valence-corrected chi connectivity index (χ1v) is 7.20. The largest absolute Gasteiger partial charge is 0.477 e. The number of aromatic carboxylic acids is 1. The van der Waals surface area contributed by atoms with Crippen molar-refractivity contribution in [3.63, 3.8) is 0 Å². The van der Waals surface area contributed by atoms with Gasteiger partial charge in [-0.05, 0) is 12.1 Å². The molecule has 7 heteroatoms. The summed E-state index contributed by atoms with van der Waals surface area (Å²) in [5.74, 6) is -1.61. The summed E-state index contributed by atoms with van der Waals surface area (Å²) < 4.78 is 14.5. The van der Waals surface area contributed by atoms with Gasteiger partial charge < -0.3 is 15.7 Å². The topological polar surface area (TPSA) is 78.4 Å². The number of rotatable bonds is 6. The van der Waals surface area contributed by atoms with Gasteiger partial charge in [0.1, 0.15) is 10.7 Å². The summed E-state index contributed by atoms with van der Waals surface area (Å²) in [6, 6.07) is 4.57. The Kier molecular flexibility index (Phi) is 4.87. The van der Waals surface area contributed by atoms with Gasteiger partial charge in [0.2, 0.25) is 5.91 Å². The molecule has 5 nitrogen and oxygen atoms in total. The predicted molar refractivity (Wildman–Crippen MR) is 79.1 cm³/mol. The monoisotopic (exact) mass is 310 g/mol. The first kappa shape index (κ1) is 15.4. The molecule has 0 atom stereocenters. The second-order valence-corrected chi connectivity index (χ2v) is 5.48. The Morgan fingerprint density at radius 3 is 2.81 bits per heavy atom. The lowest BCUT2D eigenvalue weighted by Gasteiger charge is -2.05. The molecule has 0 saturated carbocycles. The molecule has 0 radical (unpaired) electrons. The van der Waals surface area contributed by atoms with Crippen LogP contribution in [0.1, 0.15) is 21.7 Å². The van der Waals surface area contributed by atoms with Crippen molar-refractivity contribution in [1.82, 2.24) is 10.6 Å². The van der Waals surface area contributed by atoms with Crippen molar-refractivity contribution in [3.8, 4) is 0 Å². The van der Waals surface area contributed by atoms with Crippen LogP contribution in [0.5, 0.6) is 0 Å². The van der Waals surface area contributed by atoms with Gasteiger partial charge in [0, 0.05) is 42.2 Å². The molecule has 1 aromatic carbocycles. The molecule has 0 aliphatic heterocycles. The highest BCUT2D eigenvalue weighted by molar-refractivity contribution is 7.21. The Morgan fingerprint density at radius 1 is 1.38 bits per heavy atom. The molecule has 0 saturated heterocycles. The molecule has 3 N–H and O–H groups in total. The molecular formula is C14H15FN2O3S. The molecule has 112 valence electrons. The zero-order chi connectivity index (χ0) is 15.4. The van der Waals surface area contributed by atoms with E-state index in [2.05, 4.69) is 10.6 Å². The molecule has 1 heterocycles. The van der Waals surface area contributed by atoms with Crippen LogP contribution in [0.25, 0.3) is 10.1 Å². The lowest BCUT2D eigenvalue weighted by Crippen LogP contribution is -2.24. The summed E-state index contributed by atoms with van der Waals surface area (Å²) in [7, 11) is 1.55. The van der Waals surface area contributed by atoms with E-state index < -0.39 is 11.8 Å². The standard InChI is InChI=1S/C14H15FN2O3S/c1-16-11(18)5-6-17-7-8-12-9(15)3-2-4-10(12)21-13(8)14(19)20/h2-4,17H,5-7H2,1H3,(H,16,18)(H,19,20). The van der Waals surface area contributed by atoms with Gasteiger partial charge in [0.05, 0.1) is 0 Å². The Balaban J connectivity index is 2.22. The minimum atomic E-state index is -1.07. The number of halogens is 1. The zero-order valence-corrected chi connectivity index (χ0v) is 12.2. The molecule has 1 amide bonds. The van der Waals surface area contributed by atoms with E-state index in [1.807, 2.05) is 0 Å². The maximum absolute atomic E-state index is 13.9. The van der Waals surface area contributed by atoms with Gasteiger partial charge in [-0.3, -0.25) is 4.79 Å². The lowest BCUT2D eigenvalue weighted by atomic mass is 10.1. The summed E-state index contributed by atoms with van der Waals surface area (Å²) in [5, 5.41) is 15.1. The summed E-state index contributed by atoms with van der Waals surface area (Å²) in [6.45, 7) is 0.601. The van der Waals surface area contributed by atoms with Crippen LogP contribution in [-0.2, 0) is 11.3 Å². The fourth-order valence-corrected chi connectivity index (χ4v) is 3.12. The van der Waals surface area contributed by atoms with E-state index in [4.69, 9.17) is 0 Å². The molecule has 0 aliphatic carbocycles. The summed E-state index contributed by atoms with van der Waals surface area (Å²) in [5.41, 5.74) is 0.428. The van der Waals surface area contributed by atoms with Gasteiger partial charge in [-0.2, -0.15) is 0 Å². The average molecular weight is 310 g/mol. The minimum Gasteiger partial charge on any atom is -0.477 e. The summed E-state index contributed by atoms with van der Waals surface area (Å²) in [4.78, 5) is 22.5. The zero-order valence-electron chi connectivity index (χ0n) is 11.4. The lowest BCUT2D eigenvalue weighted by molar-refractivity contribution is -0.120. The molecule has 2 aromatic rings. The van der Waals surface area contributed by atoms with Gasteiger partial charge in [0.15, 0.2) is 0 Å². The van der Waals surface area contributed by atoms with Gasteiger partial charge >= 0.3 is 5.97 Å². The van der Waals surface area contributed by atoms with E-state index in [9.17, 15) is 19.1 Å². The molecule has 21 heavy (non-hydrogen) atoms. The number of hydrogen-bond acceptors (Lipinski definition) is 4. The number of carbonyl (C=O) groups excluding carboxylic acids is 1. The number of carboxylic acids is 1. The van der Waals surface area contributed by atoms with E-state index in [0.29, 0.717) is 22.2 Å². The smallest absolute Gasteiger partial charge is 0.346 e. The summed E-state index contributed by atoms with van der Waals surface area (Å²) >= 11 is 1.06. The van der Waals surface area contributed by atoms with Crippen LogP contribution in [0.4, 0.5) is 4.39 Å². The first-order valence-electron chi connectivity index (χ1n) is 6.39. The molecule has 0 unspecified atom stereocenters. The van der Waals surface area contributed by atoms with Crippen LogP contribution < -0.4 is 10.6 Å². The highest BCUT2D eigenvalue weighted by Gasteiger charge is 2.19. The van der Waals surface area contributed by atoms with E-state index in [1.165, 1.54) is 6.07 Å². The second-order valence-electron chi connectivity index (χ2n) is 4.43. The highest BCUT2D eigenvalue weighted by atomic mass is 32.1. The van der Waals surface area contributed by atoms with Crippen LogP contribution >= 0.6 is 11.3 Å². The molecule has 0 bridgehead atoms. The number of benzene rings is 1. The Labute approximate surface area is 124 Å². The average Bonchev–Trinajstić information content (AvgIpc) is 2.83. The highest BCUT2D eigenvalue weighted by Crippen LogP contribution is 2.33. The van der Waals surface area contributed by atoms with Crippen LogP contribution in [-0.4, -0.2) is 30.6 Å². The quantitative estimate of drug-likeness (QED) is 0.713. The maximum Gasteiger partial charge on any atom is 0.346 e. The first-order chi connectivity index (χ1) is 10.0. The Hall–Kier alpha value is -1.99. The normalized spacial score (nSPS) is 10.8. The van der Waals surface area contributed by atoms with Gasteiger partial charge in [-0.1, -0.05) is 6.07 Å². The number of carboxylic acid groups (broad SMARTS) is 1. The molecule has 0 fully saturated rings. The van der Waals surface area contributed by atoms with E-state index in [1.54, 1.807) is 19.2 Å². The van der Waals surface area contributed by atoms with E-state index in [-0.39, 0.29) is 23.7 Å². The molecule has 0 aliphatic rings. The molecule has 0 spiro atoms. The number of carbonyl (C=O) groups is 2. The SMILES string of the molecule is CNC(=O)CCNCc1c(C(=O)O)sc2cccc(F)c12. The van der Waals surface area contributed by atoms with E-state index >= 15 is 0 Å². The molecular weight excluding hydrogens is 295 g/mol. The van der Waals surface area contributed by atoms with Crippen LogP contribution in [0.3, 0.4) is 0 Å². The third kappa shape index (κ3) is 3.37. The van der Waals surface area contributed by atoms with Gasteiger partial charge in [0.25, 0.3) is 0 Å². The maximum atomic E-state index is 13.9. The third-order valence-corrected chi connectivity index (χ3v) is 4.25. The van der Waals surface area contributed by atoms with Gasteiger partial charge in [-0.25, -0.2) is 9.18 Å². The van der Waals surface area contributed by atoms with Crippen LogP contribution in [0.15, 0.2) is 18.2 Å². The fraction of sp³-hybridized carbons (Fsp3) is 0.286. The Bertz CT molecular complexity index is 684. The van der Waals surface area contributed by atoms with Crippen LogP contribution in [0.2, 0.25) is 0 Å². The van der Waals surface area contributed by atoms with Crippen molar-refractivity contribution >= 4 is 33.3 Å². The fourth-order valence-electron chi connectivity index (χ4n) is 2.05. The predicted octanol–water partition coefficient (Wildman–Crippen LogP) is 1.96. The second kappa shape index (κ2) is 6.64.